The van der Waals surface area contributed by atoms with Crippen molar-refractivity contribution in [1.29, 1.82) is 0 Å². The Hall–Kier alpha value is -5.74. The largest absolute Gasteiger partial charge is 0.423 e. The zero-order chi connectivity index (χ0) is 31.3. The molecule has 6 aromatic rings. The average Bonchev–Trinajstić information content (AvgIpc) is 3.35. The zero-order valence-corrected chi connectivity index (χ0v) is 25.1. The Morgan fingerprint density at radius 2 is 0.822 bits per heavy atom. The van der Waals surface area contributed by atoms with E-state index < -0.39 is 17.4 Å². The molecule has 0 aromatic heterocycles. The van der Waals surface area contributed by atoms with E-state index in [2.05, 4.69) is 86.0 Å². The maximum absolute atomic E-state index is 12.6. The summed E-state index contributed by atoms with van der Waals surface area (Å²) in [6.07, 6.45) is 0. The Morgan fingerprint density at radius 3 is 1.24 bits per heavy atom. The predicted molar refractivity (Wildman–Crippen MR) is 180 cm³/mol. The molecule has 0 fully saturated rings. The number of carbonyl (C=O) groups is 2. The minimum Gasteiger partial charge on any atom is -0.423 e. The standard InChI is InChI=1S/C41H30O4/c1-25(2)39(42)44-37-23-11-15-29-31(37)17-9-21-35(29)41(33-19-7-5-13-27(33)28-14-6-8-20-34(28)41)36-22-10-18-32-30(36)16-12-24-38(32)45-40(43)26(3)4/h5-24H,1,3H2,2,4H3. The fraction of sp³-hybridized carbons (Fsp3) is 0.0732. The molecule has 4 heteroatoms. The van der Waals surface area contributed by atoms with Gasteiger partial charge in [-0.05, 0) is 70.1 Å². The highest BCUT2D eigenvalue weighted by Gasteiger charge is 2.47. The lowest BCUT2D eigenvalue weighted by Gasteiger charge is -2.36. The van der Waals surface area contributed by atoms with E-state index >= 15 is 0 Å². The molecule has 0 atom stereocenters. The molecule has 0 amide bonds. The van der Waals surface area contributed by atoms with E-state index in [1.807, 2.05) is 48.5 Å². The summed E-state index contributed by atoms with van der Waals surface area (Å²) in [5.74, 6) is 0.0168. The molecule has 0 spiro atoms. The molecule has 0 radical (unpaired) electrons. The number of hydrogen-bond donors (Lipinski definition) is 0. The van der Waals surface area contributed by atoms with Crippen LogP contribution in [-0.2, 0) is 15.0 Å². The number of rotatable bonds is 6. The van der Waals surface area contributed by atoms with Crippen molar-refractivity contribution < 1.29 is 19.1 Å². The van der Waals surface area contributed by atoms with Crippen LogP contribution in [0.1, 0.15) is 36.1 Å². The summed E-state index contributed by atoms with van der Waals surface area (Å²) in [6, 6.07) is 41.0. The molecule has 1 aliphatic carbocycles. The molecule has 1 aliphatic rings. The van der Waals surface area contributed by atoms with E-state index in [9.17, 15) is 9.59 Å². The van der Waals surface area contributed by atoms with Crippen molar-refractivity contribution in [3.8, 4) is 22.6 Å². The summed E-state index contributed by atoms with van der Waals surface area (Å²) in [7, 11) is 0. The number of hydrogen-bond acceptors (Lipinski definition) is 4. The van der Waals surface area contributed by atoms with E-state index in [1.54, 1.807) is 13.8 Å². The quantitative estimate of drug-likeness (QED) is 0.111. The maximum atomic E-state index is 12.6. The SMILES string of the molecule is C=C(C)C(=O)Oc1cccc2c(C3(c4cccc5c(OC(=O)C(=C)C)cccc45)c4ccccc4-c4ccccc43)cccc12. The van der Waals surface area contributed by atoms with Gasteiger partial charge in [-0.1, -0.05) is 122 Å². The minimum absolute atomic E-state index is 0.331. The molecule has 0 aliphatic heterocycles. The van der Waals surface area contributed by atoms with E-state index in [-0.39, 0.29) is 0 Å². The van der Waals surface area contributed by atoms with Crippen LogP contribution in [-0.4, -0.2) is 11.9 Å². The van der Waals surface area contributed by atoms with Crippen molar-refractivity contribution in [2.75, 3.05) is 0 Å². The lowest BCUT2D eigenvalue weighted by molar-refractivity contribution is -0.130. The lowest BCUT2D eigenvalue weighted by Crippen LogP contribution is -2.29. The molecule has 45 heavy (non-hydrogen) atoms. The van der Waals surface area contributed by atoms with Gasteiger partial charge in [0.05, 0.1) is 5.41 Å². The first kappa shape index (κ1) is 28.1. The van der Waals surface area contributed by atoms with Gasteiger partial charge >= 0.3 is 11.9 Å². The molecular weight excluding hydrogens is 556 g/mol. The van der Waals surface area contributed by atoms with Crippen molar-refractivity contribution in [1.82, 2.24) is 0 Å². The first-order chi connectivity index (χ1) is 21.8. The summed E-state index contributed by atoms with van der Waals surface area (Å²) < 4.78 is 11.7. The van der Waals surface area contributed by atoms with Gasteiger partial charge in [0.1, 0.15) is 11.5 Å². The molecule has 4 nitrogen and oxygen atoms in total. The van der Waals surface area contributed by atoms with Crippen LogP contribution in [0.25, 0.3) is 32.7 Å². The molecule has 0 saturated heterocycles. The highest BCUT2D eigenvalue weighted by Crippen LogP contribution is 2.58. The van der Waals surface area contributed by atoms with E-state index in [4.69, 9.17) is 9.47 Å². The summed E-state index contributed by atoms with van der Waals surface area (Å²) >= 11 is 0. The van der Waals surface area contributed by atoms with Crippen molar-refractivity contribution in [2.24, 2.45) is 0 Å². The Kier molecular flexibility index (Phi) is 6.71. The van der Waals surface area contributed by atoms with Crippen LogP contribution in [0.15, 0.2) is 146 Å². The second kappa shape index (κ2) is 10.8. The molecule has 0 heterocycles. The molecule has 7 rings (SSSR count). The van der Waals surface area contributed by atoms with Crippen LogP contribution in [0.2, 0.25) is 0 Å². The molecular formula is C41H30O4. The Labute approximate surface area is 261 Å². The average molecular weight is 587 g/mol. The number of esters is 2. The molecule has 0 N–H and O–H groups in total. The van der Waals surface area contributed by atoms with E-state index in [0.29, 0.717) is 22.6 Å². The highest BCUT2D eigenvalue weighted by molar-refractivity contribution is 6.02. The van der Waals surface area contributed by atoms with Crippen molar-refractivity contribution in [3.63, 3.8) is 0 Å². The molecule has 0 bridgehead atoms. The first-order valence-corrected chi connectivity index (χ1v) is 14.8. The number of benzene rings is 6. The van der Waals surface area contributed by atoms with Gasteiger partial charge < -0.3 is 9.47 Å². The van der Waals surface area contributed by atoms with Gasteiger partial charge in [-0.2, -0.15) is 0 Å². The topological polar surface area (TPSA) is 52.6 Å². The normalized spacial score (nSPS) is 12.8. The monoisotopic (exact) mass is 586 g/mol. The van der Waals surface area contributed by atoms with Crippen molar-refractivity contribution >= 4 is 33.5 Å². The summed E-state index contributed by atoms with van der Waals surface area (Å²) in [6.45, 7) is 10.8. The van der Waals surface area contributed by atoms with Gasteiger partial charge in [-0.3, -0.25) is 0 Å². The number of fused-ring (bicyclic) bond motifs is 5. The third kappa shape index (κ3) is 4.29. The van der Waals surface area contributed by atoms with Gasteiger partial charge in [-0.15, -0.1) is 0 Å². The molecule has 6 aromatic carbocycles. The highest BCUT2D eigenvalue weighted by atomic mass is 16.5. The third-order valence-electron chi connectivity index (χ3n) is 8.63. The van der Waals surface area contributed by atoms with Crippen molar-refractivity contribution in [3.05, 3.63) is 168 Å². The van der Waals surface area contributed by atoms with Crippen molar-refractivity contribution in [2.45, 2.75) is 19.3 Å². The van der Waals surface area contributed by atoms with Gasteiger partial charge in [0, 0.05) is 21.9 Å². The Morgan fingerprint density at radius 1 is 0.467 bits per heavy atom. The van der Waals surface area contributed by atoms with Crippen LogP contribution in [0.3, 0.4) is 0 Å². The van der Waals surface area contributed by atoms with Crippen LogP contribution in [0.4, 0.5) is 0 Å². The van der Waals surface area contributed by atoms with Crippen LogP contribution in [0, 0.1) is 0 Å². The lowest BCUT2D eigenvalue weighted by atomic mass is 9.65. The van der Waals surface area contributed by atoms with Crippen LogP contribution in [0.5, 0.6) is 11.5 Å². The Bertz CT molecular complexity index is 2060. The Balaban J connectivity index is 1.61. The summed E-state index contributed by atoms with van der Waals surface area (Å²) in [5, 5.41) is 3.56. The van der Waals surface area contributed by atoms with Gasteiger partial charge in [0.25, 0.3) is 0 Å². The first-order valence-electron chi connectivity index (χ1n) is 14.8. The summed E-state index contributed by atoms with van der Waals surface area (Å²) in [5.41, 5.74) is 6.56. The second-order valence-electron chi connectivity index (χ2n) is 11.5. The number of ether oxygens (including phenoxy) is 2. The van der Waals surface area contributed by atoms with Gasteiger partial charge in [0.2, 0.25) is 0 Å². The minimum atomic E-state index is -0.764. The van der Waals surface area contributed by atoms with Gasteiger partial charge in [0.15, 0.2) is 0 Å². The smallest absolute Gasteiger partial charge is 0.338 e. The van der Waals surface area contributed by atoms with Crippen LogP contribution < -0.4 is 9.47 Å². The second-order valence-corrected chi connectivity index (χ2v) is 11.5. The van der Waals surface area contributed by atoms with Crippen LogP contribution >= 0.6 is 0 Å². The molecule has 0 saturated carbocycles. The fourth-order valence-corrected chi connectivity index (χ4v) is 6.73. The van der Waals surface area contributed by atoms with E-state index in [1.165, 1.54) is 0 Å². The van der Waals surface area contributed by atoms with E-state index in [0.717, 1.165) is 54.9 Å². The fourth-order valence-electron chi connectivity index (χ4n) is 6.73. The third-order valence-corrected chi connectivity index (χ3v) is 8.63. The van der Waals surface area contributed by atoms with Gasteiger partial charge in [-0.25, -0.2) is 9.59 Å². The predicted octanol–water partition coefficient (Wildman–Crippen LogP) is 9.32. The number of carbonyl (C=O) groups excluding carboxylic acids is 2. The molecule has 0 unspecified atom stereocenters. The zero-order valence-electron chi connectivity index (χ0n) is 25.1. The molecule has 218 valence electrons. The summed E-state index contributed by atoms with van der Waals surface area (Å²) in [4.78, 5) is 25.3. The maximum Gasteiger partial charge on any atom is 0.338 e.